The van der Waals surface area contributed by atoms with Crippen LogP contribution in [-0.4, -0.2) is 34.4 Å². The van der Waals surface area contributed by atoms with E-state index in [0.717, 1.165) is 11.8 Å². The molecule has 1 aromatic carbocycles. The van der Waals surface area contributed by atoms with E-state index in [2.05, 4.69) is 10.3 Å². The minimum atomic E-state index is -5.00. The molecule has 1 N–H and O–H groups in total. The van der Waals surface area contributed by atoms with Crippen molar-refractivity contribution in [2.45, 2.75) is 31.7 Å². The average Bonchev–Trinajstić information content (AvgIpc) is 2.65. The Hall–Kier alpha value is -3.11. The Bertz CT molecular complexity index is 987. The highest BCUT2D eigenvalue weighted by Gasteiger charge is 2.44. The Morgan fingerprint density at radius 2 is 1.80 bits per heavy atom. The second-order valence-electron chi connectivity index (χ2n) is 6.91. The molecule has 30 heavy (non-hydrogen) atoms. The van der Waals surface area contributed by atoms with Gasteiger partial charge in [-0.2, -0.15) is 26.3 Å². The summed E-state index contributed by atoms with van der Waals surface area (Å²) in [7, 11) is 0. The number of carbonyl (C=O) groups is 2. The zero-order valence-corrected chi connectivity index (χ0v) is 15.4. The van der Waals surface area contributed by atoms with Crippen LogP contribution < -0.4 is 5.32 Å². The van der Waals surface area contributed by atoms with Gasteiger partial charge < -0.3 is 10.2 Å². The predicted molar refractivity (Wildman–Crippen MR) is 93.5 cm³/mol. The summed E-state index contributed by atoms with van der Waals surface area (Å²) < 4.78 is 76.6. The van der Waals surface area contributed by atoms with Gasteiger partial charge in [0, 0.05) is 31.2 Å². The molecule has 1 aliphatic rings. The molecule has 0 radical (unpaired) electrons. The van der Waals surface area contributed by atoms with E-state index in [4.69, 9.17) is 0 Å². The average molecular weight is 431 g/mol. The Morgan fingerprint density at radius 3 is 2.43 bits per heavy atom. The van der Waals surface area contributed by atoms with Crippen LogP contribution >= 0.6 is 0 Å². The summed E-state index contributed by atoms with van der Waals surface area (Å²) in [5, 5.41) is 2.40. The van der Waals surface area contributed by atoms with Crippen molar-refractivity contribution in [2.24, 2.45) is 0 Å². The van der Waals surface area contributed by atoms with Gasteiger partial charge in [-0.3, -0.25) is 14.6 Å². The van der Waals surface area contributed by atoms with Gasteiger partial charge in [0.05, 0.1) is 11.1 Å². The fourth-order valence-corrected chi connectivity index (χ4v) is 3.26. The first kappa shape index (κ1) is 21.6. The summed E-state index contributed by atoms with van der Waals surface area (Å²) in [6.07, 6.45) is -8.11. The normalized spacial score (nSPS) is 16.8. The van der Waals surface area contributed by atoms with Gasteiger partial charge in [-0.25, -0.2) is 0 Å². The molecule has 0 fully saturated rings. The number of benzene rings is 1. The Kier molecular flexibility index (Phi) is 5.48. The molecule has 1 aliphatic heterocycles. The maximum atomic E-state index is 12.8. The molecule has 0 aliphatic carbocycles. The molecule has 160 valence electrons. The van der Waals surface area contributed by atoms with E-state index < -0.39 is 29.7 Å². The number of hydrogen-bond acceptors (Lipinski definition) is 3. The molecule has 0 saturated carbocycles. The van der Waals surface area contributed by atoms with Crippen molar-refractivity contribution in [3.8, 4) is 0 Å². The minimum absolute atomic E-state index is 0.104. The SMILES string of the molecule is C[C@H]1CN(C(=O)C(F)(F)F)Cc2cc(NC(=O)c3cncc(C(F)(F)F)c3)ccc21. The van der Waals surface area contributed by atoms with Crippen molar-refractivity contribution in [3.63, 3.8) is 0 Å². The Balaban J connectivity index is 1.82. The van der Waals surface area contributed by atoms with Crippen molar-refractivity contribution >= 4 is 17.5 Å². The molecule has 3 rings (SSSR count). The van der Waals surface area contributed by atoms with Crippen LogP contribution in [0, 0.1) is 0 Å². The number of pyridine rings is 1. The highest BCUT2D eigenvalue weighted by Crippen LogP contribution is 2.33. The predicted octanol–water partition coefficient (Wildman–Crippen LogP) is 4.36. The number of rotatable bonds is 2. The summed E-state index contributed by atoms with van der Waals surface area (Å²) in [5.74, 6) is -3.18. The quantitative estimate of drug-likeness (QED) is 0.719. The molecule has 2 heterocycles. The number of fused-ring (bicyclic) bond motifs is 1. The van der Waals surface area contributed by atoms with Crippen LogP contribution in [0.4, 0.5) is 32.0 Å². The van der Waals surface area contributed by atoms with Gasteiger partial charge in [0.25, 0.3) is 5.91 Å². The number of carbonyl (C=O) groups excluding carboxylic acids is 2. The van der Waals surface area contributed by atoms with Gasteiger partial charge in [0.15, 0.2) is 0 Å². The number of halogens is 6. The monoisotopic (exact) mass is 431 g/mol. The largest absolute Gasteiger partial charge is 0.471 e. The third-order valence-electron chi connectivity index (χ3n) is 4.64. The van der Waals surface area contributed by atoms with Crippen LogP contribution in [0.15, 0.2) is 36.7 Å². The standard InChI is InChI=1S/C19H15F6N3O2/c1-10-8-28(17(30)19(23,24)25)9-12-5-14(2-3-15(10)12)27-16(29)11-4-13(7-26-6-11)18(20,21)22/h2-7,10H,8-9H2,1H3,(H,27,29)/t10-/m0/s1. The van der Waals surface area contributed by atoms with Gasteiger partial charge in [0.1, 0.15) is 0 Å². The minimum Gasteiger partial charge on any atom is -0.330 e. The van der Waals surface area contributed by atoms with Crippen molar-refractivity contribution in [1.29, 1.82) is 0 Å². The Morgan fingerprint density at radius 1 is 1.10 bits per heavy atom. The fourth-order valence-electron chi connectivity index (χ4n) is 3.26. The van der Waals surface area contributed by atoms with E-state index in [0.29, 0.717) is 22.7 Å². The molecule has 0 spiro atoms. The van der Waals surface area contributed by atoms with Gasteiger partial charge >= 0.3 is 18.3 Å². The summed E-state index contributed by atoms with van der Waals surface area (Å²) in [6.45, 7) is 1.26. The highest BCUT2D eigenvalue weighted by atomic mass is 19.4. The summed E-state index contributed by atoms with van der Waals surface area (Å²) >= 11 is 0. The second kappa shape index (κ2) is 7.62. The maximum Gasteiger partial charge on any atom is 0.471 e. The summed E-state index contributed by atoms with van der Waals surface area (Å²) in [6, 6.07) is 5.15. The van der Waals surface area contributed by atoms with Crippen molar-refractivity contribution < 1.29 is 35.9 Å². The lowest BCUT2D eigenvalue weighted by Gasteiger charge is -2.33. The number of amides is 2. The first-order chi connectivity index (χ1) is 13.9. The van der Waals surface area contributed by atoms with E-state index in [1.54, 1.807) is 13.0 Å². The molecule has 2 amide bonds. The lowest BCUT2D eigenvalue weighted by molar-refractivity contribution is -0.186. The number of nitrogens with zero attached hydrogens (tertiary/aromatic N) is 2. The number of nitrogens with one attached hydrogen (secondary N) is 1. The van der Waals surface area contributed by atoms with Gasteiger partial charge in [-0.15, -0.1) is 0 Å². The van der Waals surface area contributed by atoms with Crippen LogP contribution in [0.25, 0.3) is 0 Å². The van der Waals surface area contributed by atoms with Gasteiger partial charge in [-0.1, -0.05) is 13.0 Å². The first-order valence-electron chi connectivity index (χ1n) is 8.69. The van der Waals surface area contributed by atoms with E-state index in [1.807, 2.05) is 0 Å². The van der Waals surface area contributed by atoms with Crippen LogP contribution in [-0.2, 0) is 17.5 Å². The van der Waals surface area contributed by atoms with Crippen LogP contribution in [0.2, 0.25) is 0 Å². The second-order valence-corrected chi connectivity index (χ2v) is 6.91. The van der Waals surface area contributed by atoms with E-state index in [-0.39, 0.29) is 30.3 Å². The van der Waals surface area contributed by atoms with Crippen LogP contribution in [0.5, 0.6) is 0 Å². The molecular formula is C19H15F6N3O2. The maximum absolute atomic E-state index is 12.8. The van der Waals surface area contributed by atoms with Gasteiger partial charge in [0.2, 0.25) is 0 Å². The highest BCUT2D eigenvalue weighted by molar-refractivity contribution is 6.04. The van der Waals surface area contributed by atoms with Gasteiger partial charge in [-0.05, 0) is 35.2 Å². The lowest BCUT2D eigenvalue weighted by Crippen LogP contribution is -2.44. The molecule has 1 aromatic heterocycles. The molecule has 0 bridgehead atoms. The van der Waals surface area contributed by atoms with Crippen LogP contribution in [0.1, 0.15) is 39.9 Å². The lowest BCUT2D eigenvalue weighted by atomic mass is 9.90. The molecule has 11 heteroatoms. The fraction of sp³-hybridized carbons (Fsp3) is 0.316. The summed E-state index contributed by atoms with van der Waals surface area (Å²) in [5.41, 5.74) is -0.114. The third kappa shape index (κ3) is 4.55. The topological polar surface area (TPSA) is 62.3 Å². The van der Waals surface area contributed by atoms with Crippen molar-refractivity contribution in [2.75, 3.05) is 11.9 Å². The van der Waals surface area contributed by atoms with E-state index >= 15 is 0 Å². The first-order valence-corrected chi connectivity index (χ1v) is 8.69. The molecule has 0 unspecified atom stereocenters. The third-order valence-corrected chi connectivity index (χ3v) is 4.64. The molecule has 5 nitrogen and oxygen atoms in total. The molecular weight excluding hydrogens is 416 g/mol. The zero-order valence-electron chi connectivity index (χ0n) is 15.4. The number of hydrogen-bond donors (Lipinski definition) is 1. The number of alkyl halides is 6. The number of anilines is 1. The summed E-state index contributed by atoms with van der Waals surface area (Å²) in [4.78, 5) is 28.0. The zero-order chi connectivity index (χ0) is 22.3. The number of aromatic nitrogens is 1. The molecule has 2 aromatic rings. The van der Waals surface area contributed by atoms with Crippen LogP contribution in [0.3, 0.4) is 0 Å². The Labute approximate surface area is 166 Å². The van der Waals surface area contributed by atoms with Crippen molar-refractivity contribution in [1.82, 2.24) is 9.88 Å². The molecule has 1 atom stereocenters. The molecule has 0 saturated heterocycles. The van der Waals surface area contributed by atoms with E-state index in [9.17, 15) is 35.9 Å². The van der Waals surface area contributed by atoms with E-state index in [1.165, 1.54) is 12.1 Å². The smallest absolute Gasteiger partial charge is 0.330 e. The van der Waals surface area contributed by atoms with Crippen molar-refractivity contribution in [3.05, 3.63) is 58.9 Å².